The second-order valence-corrected chi connectivity index (χ2v) is 11.1. The molecule has 3 aromatic carbocycles. The second kappa shape index (κ2) is 12.8. The standard InChI is InChI=1S/C36H37F3O/c1-3-5-22-40-34-21-20-32(35(38)36(34)39)29-16-12-27(13-17-29)30-18-19-31(33(37)23-30)28-14-10-26(11-15-28)25-8-6-24(4-2)7-9-25/h3-5,12-14,16-21,23-26H,2,6-11,15,22H2,1H3/b5-3+. The smallest absolute Gasteiger partial charge is 0.201 e. The van der Waals surface area contributed by atoms with Gasteiger partial charge in [0.15, 0.2) is 11.6 Å². The van der Waals surface area contributed by atoms with Crippen LogP contribution in [0.25, 0.3) is 27.8 Å². The summed E-state index contributed by atoms with van der Waals surface area (Å²) in [6.07, 6.45) is 16.0. The zero-order valence-electron chi connectivity index (χ0n) is 23.1. The lowest BCUT2D eigenvalue weighted by molar-refractivity contribution is 0.212. The minimum atomic E-state index is -1.01. The molecule has 2 aliphatic rings. The van der Waals surface area contributed by atoms with Crippen LogP contribution >= 0.6 is 0 Å². The van der Waals surface area contributed by atoms with Gasteiger partial charge >= 0.3 is 0 Å². The van der Waals surface area contributed by atoms with Crippen LogP contribution in [0.15, 0.2) is 85.5 Å². The van der Waals surface area contributed by atoms with Gasteiger partial charge in [-0.15, -0.1) is 6.58 Å². The van der Waals surface area contributed by atoms with E-state index in [2.05, 4.69) is 18.7 Å². The summed E-state index contributed by atoms with van der Waals surface area (Å²) in [7, 11) is 0. The maximum absolute atomic E-state index is 15.3. The molecule has 1 nitrogen and oxygen atoms in total. The summed E-state index contributed by atoms with van der Waals surface area (Å²) in [5.41, 5.74) is 4.04. The molecule has 0 spiro atoms. The molecule has 1 saturated carbocycles. The Morgan fingerprint density at radius 3 is 2.15 bits per heavy atom. The first-order valence-corrected chi connectivity index (χ1v) is 14.4. The van der Waals surface area contributed by atoms with Gasteiger partial charge in [0.05, 0.1) is 0 Å². The summed E-state index contributed by atoms with van der Waals surface area (Å²) in [6.45, 7) is 5.96. The van der Waals surface area contributed by atoms with Gasteiger partial charge in [0.25, 0.3) is 0 Å². The van der Waals surface area contributed by atoms with Crippen molar-refractivity contribution < 1.29 is 17.9 Å². The predicted octanol–water partition coefficient (Wildman–Crippen LogP) is 10.6. The summed E-state index contributed by atoms with van der Waals surface area (Å²) in [6, 6.07) is 15.4. The van der Waals surface area contributed by atoms with Crippen LogP contribution in [0.5, 0.6) is 5.75 Å². The van der Waals surface area contributed by atoms with E-state index in [4.69, 9.17) is 4.74 Å². The zero-order valence-corrected chi connectivity index (χ0v) is 23.1. The number of hydrogen-bond acceptors (Lipinski definition) is 1. The average molecular weight is 543 g/mol. The molecule has 0 saturated heterocycles. The fourth-order valence-corrected chi connectivity index (χ4v) is 6.28. The highest BCUT2D eigenvalue weighted by atomic mass is 19.2. The number of allylic oxidation sites excluding steroid dienone is 4. The van der Waals surface area contributed by atoms with Crippen molar-refractivity contribution in [3.8, 4) is 28.0 Å². The van der Waals surface area contributed by atoms with Crippen LogP contribution in [0.2, 0.25) is 0 Å². The molecular weight excluding hydrogens is 505 g/mol. The monoisotopic (exact) mass is 542 g/mol. The van der Waals surface area contributed by atoms with Crippen LogP contribution in [0, 0.1) is 35.2 Å². The maximum atomic E-state index is 15.3. The molecule has 0 amide bonds. The predicted molar refractivity (Wildman–Crippen MR) is 158 cm³/mol. The van der Waals surface area contributed by atoms with Crippen molar-refractivity contribution in [2.45, 2.75) is 51.9 Å². The van der Waals surface area contributed by atoms with Gasteiger partial charge in [0, 0.05) is 11.1 Å². The van der Waals surface area contributed by atoms with Crippen LogP contribution in [0.1, 0.15) is 57.4 Å². The minimum absolute atomic E-state index is 0.120. The Labute approximate surface area is 236 Å². The summed E-state index contributed by atoms with van der Waals surface area (Å²) in [5.74, 6) is -0.135. The molecule has 0 N–H and O–H groups in total. The lowest BCUT2D eigenvalue weighted by Crippen LogP contribution is -2.22. The first kappa shape index (κ1) is 28.0. The maximum Gasteiger partial charge on any atom is 0.201 e. The van der Waals surface area contributed by atoms with Crippen LogP contribution in [-0.2, 0) is 0 Å². The first-order chi connectivity index (χ1) is 19.5. The largest absolute Gasteiger partial charge is 0.486 e. The Bertz CT molecular complexity index is 1390. The van der Waals surface area contributed by atoms with Crippen molar-refractivity contribution in [2.24, 2.45) is 17.8 Å². The Kier molecular flexibility index (Phi) is 8.94. The Hall–Kier alpha value is -3.53. The van der Waals surface area contributed by atoms with Gasteiger partial charge in [-0.1, -0.05) is 60.7 Å². The summed E-state index contributed by atoms with van der Waals surface area (Å²) < 4.78 is 49.9. The third-order valence-corrected chi connectivity index (χ3v) is 8.73. The van der Waals surface area contributed by atoms with Gasteiger partial charge in [-0.3, -0.25) is 0 Å². The number of hydrogen-bond donors (Lipinski definition) is 0. The number of benzene rings is 3. The van der Waals surface area contributed by atoms with Crippen molar-refractivity contribution in [3.05, 3.63) is 108 Å². The van der Waals surface area contributed by atoms with Gasteiger partial charge in [-0.05, 0) is 110 Å². The number of rotatable bonds is 8. The SMILES string of the molecule is C=CC1CCC(C2CC=C(c3ccc(-c4ccc(-c5ccc(OC/C=C/C)c(F)c5F)cc4)cc3F)CC2)CC1. The van der Waals surface area contributed by atoms with Gasteiger partial charge in [-0.2, -0.15) is 4.39 Å². The minimum Gasteiger partial charge on any atom is -0.486 e. The summed E-state index contributed by atoms with van der Waals surface area (Å²) in [4.78, 5) is 0. The fourth-order valence-electron chi connectivity index (χ4n) is 6.28. The molecule has 40 heavy (non-hydrogen) atoms. The van der Waals surface area contributed by atoms with Crippen molar-refractivity contribution >= 4 is 5.57 Å². The van der Waals surface area contributed by atoms with Gasteiger partial charge in [0.1, 0.15) is 12.4 Å². The molecule has 0 heterocycles. The molecule has 1 unspecified atom stereocenters. The van der Waals surface area contributed by atoms with E-state index in [9.17, 15) is 8.78 Å². The molecule has 208 valence electrons. The van der Waals surface area contributed by atoms with Crippen LogP contribution in [-0.4, -0.2) is 6.61 Å². The molecule has 1 atom stereocenters. The van der Waals surface area contributed by atoms with E-state index < -0.39 is 11.6 Å². The fraction of sp³-hybridized carbons (Fsp3) is 0.333. The highest BCUT2D eigenvalue weighted by molar-refractivity contribution is 5.74. The molecule has 0 aliphatic heterocycles. The lowest BCUT2D eigenvalue weighted by atomic mass is 9.71. The average Bonchev–Trinajstić information content (AvgIpc) is 3.00. The van der Waals surface area contributed by atoms with E-state index in [1.54, 1.807) is 30.4 Å². The normalized spacial score (nSPS) is 21.3. The van der Waals surface area contributed by atoms with Crippen molar-refractivity contribution in [2.75, 3.05) is 6.61 Å². The van der Waals surface area contributed by atoms with E-state index in [0.717, 1.165) is 41.9 Å². The molecule has 3 aromatic rings. The third kappa shape index (κ3) is 6.11. The summed E-state index contributed by atoms with van der Waals surface area (Å²) >= 11 is 0. The van der Waals surface area contributed by atoms with Gasteiger partial charge in [-0.25, -0.2) is 8.78 Å². The topological polar surface area (TPSA) is 9.23 Å². The Balaban J connectivity index is 1.26. The van der Waals surface area contributed by atoms with E-state index in [1.807, 2.05) is 31.2 Å². The first-order valence-electron chi connectivity index (χ1n) is 14.4. The molecule has 5 rings (SSSR count). The van der Waals surface area contributed by atoms with Crippen molar-refractivity contribution in [1.82, 2.24) is 0 Å². The van der Waals surface area contributed by atoms with Crippen LogP contribution in [0.3, 0.4) is 0 Å². The van der Waals surface area contributed by atoms with Crippen molar-refractivity contribution in [1.29, 1.82) is 0 Å². The molecule has 1 fully saturated rings. The quantitative estimate of drug-likeness (QED) is 0.257. The molecule has 4 heteroatoms. The number of halogens is 3. The summed E-state index contributed by atoms with van der Waals surface area (Å²) in [5, 5.41) is 0. The highest BCUT2D eigenvalue weighted by Crippen LogP contribution is 2.42. The van der Waals surface area contributed by atoms with E-state index in [-0.39, 0.29) is 23.7 Å². The van der Waals surface area contributed by atoms with Crippen LogP contribution in [0.4, 0.5) is 13.2 Å². The van der Waals surface area contributed by atoms with Gasteiger partial charge in [0.2, 0.25) is 5.82 Å². The zero-order chi connectivity index (χ0) is 28.1. The molecule has 0 aromatic heterocycles. The van der Waals surface area contributed by atoms with Gasteiger partial charge < -0.3 is 4.74 Å². The van der Waals surface area contributed by atoms with E-state index in [1.165, 1.54) is 37.8 Å². The third-order valence-electron chi connectivity index (χ3n) is 8.73. The number of ether oxygens (including phenoxy) is 1. The van der Waals surface area contributed by atoms with E-state index >= 15 is 4.39 Å². The Morgan fingerprint density at radius 1 is 0.800 bits per heavy atom. The second-order valence-electron chi connectivity index (χ2n) is 11.1. The molecule has 2 aliphatic carbocycles. The Morgan fingerprint density at radius 2 is 1.50 bits per heavy atom. The molecule has 0 bridgehead atoms. The highest BCUT2D eigenvalue weighted by Gasteiger charge is 2.28. The lowest BCUT2D eigenvalue weighted by Gasteiger charge is -2.34. The molecular formula is C36H37F3O. The van der Waals surface area contributed by atoms with E-state index in [0.29, 0.717) is 23.0 Å². The van der Waals surface area contributed by atoms with Crippen molar-refractivity contribution in [3.63, 3.8) is 0 Å². The molecule has 0 radical (unpaired) electrons. The van der Waals surface area contributed by atoms with Crippen LogP contribution < -0.4 is 4.74 Å².